The highest BCUT2D eigenvalue weighted by Gasteiger charge is 2.31. The van der Waals surface area contributed by atoms with Crippen LogP contribution in [0.1, 0.15) is 11.4 Å². The third-order valence-corrected chi connectivity index (χ3v) is 4.05. The summed E-state index contributed by atoms with van der Waals surface area (Å²) in [6.07, 6.45) is -2.54. The number of ether oxygens (including phenoxy) is 1. The maximum Gasteiger partial charge on any atom is 0.573 e. The Morgan fingerprint density at radius 3 is 2.64 bits per heavy atom. The standard InChI is InChI=1S/C17H16F3N3OS.CH3NO/c1-11-8-12-6-7-14(24-17(18,19)20)9-15(12)23(11)16-5-3-4-13(22-16)10-21-25-2;2-1-3/h3-9,21H,10H2,1-2H3;1H,(H2,2,3). The first-order chi connectivity index (χ1) is 13.3. The zero-order valence-corrected chi connectivity index (χ0v) is 16.0. The molecule has 3 aromatic rings. The van der Waals surface area contributed by atoms with E-state index in [0.29, 0.717) is 17.9 Å². The molecular weight excluding hydrogens is 393 g/mol. The molecule has 2 heterocycles. The smallest absolute Gasteiger partial charge is 0.406 e. The second-order valence-electron chi connectivity index (χ2n) is 5.54. The number of carbonyl (C=O) groups is 1. The van der Waals surface area contributed by atoms with E-state index in [-0.39, 0.29) is 12.2 Å². The largest absolute Gasteiger partial charge is 0.573 e. The molecule has 0 fully saturated rings. The van der Waals surface area contributed by atoms with Crippen LogP contribution in [0.2, 0.25) is 0 Å². The van der Waals surface area contributed by atoms with Gasteiger partial charge in [-0.3, -0.25) is 14.1 Å². The molecule has 28 heavy (non-hydrogen) atoms. The van der Waals surface area contributed by atoms with Gasteiger partial charge in [0.2, 0.25) is 6.41 Å². The minimum absolute atomic E-state index is 0.250. The second-order valence-corrected chi connectivity index (χ2v) is 6.23. The van der Waals surface area contributed by atoms with Gasteiger partial charge in [0.1, 0.15) is 11.6 Å². The molecule has 6 nitrogen and oxygen atoms in total. The summed E-state index contributed by atoms with van der Waals surface area (Å²) < 4.78 is 46.5. The number of rotatable bonds is 5. The van der Waals surface area contributed by atoms with Crippen LogP contribution in [0.25, 0.3) is 16.7 Å². The molecule has 0 aliphatic heterocycles. The Kier molecular flexibility index (Phi) is 7.30. The number of hydrogen-bond donors (Lipinski definition) is 2. The Morgan fingerprint density at radius 1 is 1.29 bits per heavy atom. The number of pyridine rings is 1. The fourth-order valence-electron chi connectivity index (χ4n) is 2.66. The number of hydrogen-bond acceptors (Lipinski definition) is 5. The Bertz CT molecular complexity index is 944. The normalized spacial score (nSPS) is 11.0. The summed E-state index contributed by atoms with van der Waals surface area (Å²) in [7, 11) is 0. The number of carbonyl (C=O) groups excluding carboxylic acids is 1. The van der Waals surface area contributed by atoms with Crippen molar-refractivity contribution < 1.29 is 22.7 Å². The van der Waals surface area contributed by atoms with Crippen LogP contribution in [0.5, 0.6) is 5.75 Å². The summed E-state index contributed by atoms with van der Waals surface area (Å²) in [4.78, 5) is 13.2. The van der Waals surface area contributed by atoms with E-state index < -0.39 is 6.36 Å². The van der Waals surface area contributed by atoms with Gasteiger partial charge in [0.05, 0.1) is 11.2 Å². The number of aryl methyl sites for hydroxylation is 1. The summed E-state index contributed by atoms with van der Waals surface area (Å²) in [5.41, 5.74) is 6.50. The predicted octanol–water partition coefficient (Wildman–Crippen LogP) is 3.70. The SMILES string of the molecule is CSNCc1cccc(-n2c(C)cc3ccc(OC(F)(F)F)cc32)n1.NC=O. The number of primary amides is 1. The molecule has 0 bridgehead atoms. The van der Waals surface area contributed by atoms with Gasteiger partial charge in [0.25, 0.3) is 0 Å². The van der Waals surface area contributed by atoms with Crippen LogP contribution in [0.4, 0.5) is 13.2 Å². The van der Waals surface area contributed by atoms with Crippen molar-refractivity contribution in [3.05, 3.63) is 53.9 Å². The highest BCUT2D eigenvalue weighted by atomic mass is 32.2. The van der Waals surface area contributed by atoms with Gasteiger partial charge in [0, 0.05) is 23.7 Å². The number of nitrogens with zero attached hydrogens (tertiary/aromatic N) is 2. The van der Waals surface area contributed by atoms with Crippen molar-refractivity contribution in [1.82, 2.24) is 14.3 Å². The monoisotopic (exact) mass is 412 g/mol. The van der Waals surface area contributed by atoms with Crippen LogP contribution in [0, 0.1) is 6.92 Å². The number of alkyl halides is 3. The summed E-state index contributed by atoms with van der Waals surface area (Å²) in [5.74, 6) is 0.400. The van der Waals surface area contributed by atoms with Crippen molar-refractivity contribution in [1.29, 1.82) is 0 Å². The van der Waals surface area contributed by atoms with Gasteiger partial charge in [-0.05, 0) is 43.5 Å². The molecule has 0 atom stereocenters. The van der Waals surface area contributed by atoms with E-state index in [4.69, 9.17) is 4.79 Å². The number of benzene rings is 1. The number of fused-ring (bicyclic) bond motifs is 1. The average molecular weight is 412 g/mol. The topological polar surface area (TPSA) is 82.2 Å². The van der Waals surface area contributed by atoms with Crippen molar-refractivity contribution in [2.75, 3.05) is 6.26 Å². The Hall–Kier alpha value is -2.72. The molecule has 0 saturated carbocycles. The quantitative estimate of drug-likeness (QED) is 0.493. The zero-order chi connectivity index (χ0) is 20.7. The van der Waals surface area contributed by atoms with Crippen molar-refractivity contribution in [2.24, 2.45) is 5.73 Å². The molecule has 0 radical (unpaired) electrons. The number of halogens is 3. The summed E-state index contributed by atoms with van der Waals surface area (Å²) in [6, 6.07) is 11.8. The summed E-state index contributed by atoms with van der Waals surface area (Å²) >= 11 is 1.49. The molecular formula is C18H19F3N4O2S. The first kappa shape index (κ1) is 21.6. The van der Waals surface area contributed by atoms with Crippen LogP contribution in [-0.4, -0.2) is 28.6 Å². The van der Waals surface area contributed by atoms with E-state index in [2.05, 4.69) is 20.2 Å². The molecule has 0 aliphatic carbocycles. The van der Waals surface area contributed by atoms with Gasteiger partial charge in [-0.15, -0.1) is 13.2 Å². The predicted molar refractivity (Wildman–Crippen MR) is 103 cm³/mol. The van der Waals surface area contributed by atoms with Crippen molar-refractivity contribution in [3.63, 3.8) is 0 Å². The van der Waals surface area contributed by atoms with Crippen LogP contribution in [0.3, 0.4) is 0 Å². The van der Waals surface area contributed by atoms with Crippen molar-refractivity contribution in [2.45, 2.75) is 19.8 Å². The van der Waals surface area contributed by atoms with Crippen LogP contribution in [-0.2, 0) is 11.3 Å². The minimum Gasteiger partial charge on any atom is -0.406 e. The van der Waals surface area contributed by atoms with Gasteiger partial charge in [-0.2, -0.15) is 0 Å². The third-order valence-electron chi connectivity index (χ3n) is 3.61. The summed E-state index contributed by atoms with van der Waals surface area (Å²) in [5, 5.41) is 0.821. The lowest BCUT2D eigenvalue weighted by Crippen LogP contribution is -2.17. The van der Waals surface area contributed by atoms with Crippen LogP contribution < -0.4 is 15.2 Å². The van der Waals surface area contributed by atoms with E-state index in [0.717, 1.165) is 16.8 Å². The minimum atomic E-state index is -4.72. The van der Waals surface area contributed by atoms with E-state index in [9.17, 15) is 13.2 Å². The lowest BCUT2D eigenvalue weighted by Gasteiger charge is -2.11. The molecule has 1 aromatic carbocycles. The molecule has 0 unspecified atom stereocenters. The summed E-state index contributed by atoms with van der Waals surface area (Å²) in [6.45, 7) is 2.48. The molecule has 1 amide bonds. The Balaban J connectivity index is 0.000000878. The molecule has 10 heteroatoms. The van der Waals surface area contributed by atoms with Gasteiger partial charge < -0.3 is 10.5 Å². The Morgan fingerprint density at radius 2 is 2.00 bits per heavy atom. The van der Waals surface area contributed by atoms with E-state index in [1.807, 2.05) is 42.0 Å². The van der Waals surface area contributed by atoms with E-state index in [1.165, 1.54) is 24.1 Å². The molecule has 0 spiro atoms. The maximum atomic E-state index is 12.5. The van der Waals surface area contributed by atoms with Gasteiger partial charge in [-0.1, -0.05) is 18.0 Å². The first-order valence-corrected chi connectivity index (χ1v) is 9.27. The second kappa shape index (κ2) is 9.47. The van der Waals surface area contributed by atoms with Crippen molar-refractivity contribution in [3.8, 4) is 11.6 Å². The van der Waals surface area contributed by atoms with Crippen molar-refractivity contribution >= 4 is 29.3 Å². The number of amides is 1. The fourth-order valence-corrected chi connectivity index (χ4v) is 2.95. The van der Waals surface area contributed by atoms with Crippen LogP contribution in [0.15, 0.2) is 42.5 Å². The highest BCUT2D eigenvalue weighted by Crippen LogP contribution is 2.30. The van der Waals surface area contributed by atoms with E-state index >= 15 is 0 Å². The average Bonchev–Trinajstić information content (AvgIpc) is 2.94. The molecule has 0 aliphatic rings. The number of nitrogens with one attached hydrogen (secondary N) is 1. The maximum absolute atomic E-state index is 12.5. The highest BCUT2D eigenvalue weighted by molar-refractivity contribution is 7.96. The number of aromatic nitrogens is 2. The van der Waals surface area contributed by atoms with Gasteiger partial charge in [-0.25, -0.2) is 4.98 Å². The molecule has 3 N–H and O–H groups in total. The number of nitrogens with two attached hydrogens (primary N) is 1. The zero-order valence-electron chi connectivity index (χ0n) is 15.2. The fraction of sp³-hybridized carbons (Fsp3) is 0.222. The third kappa shape index (κ3) is 5.64. The van der Waals surface area contributed by atoms with E-state index in [1.54, 1.807) is 6.07 Å². The molecule has 150 valence electrons. The first-order valence-electron chi connectivity index (χ1n) is 8.04. The van der Waals surface area contributed by atoms with Gasteiger partial charge in [0.15, 0.2) is 0 Å². The van der Waals surface area contributed by atoms with Gasteiger partial charge >= 0.3 is 6.36 Å². The molecule has 0 saturated heterocycles. The molecule has 3 rings (SSSR count). The van der Waals surface area contributed by atoms with Crippen LogP contribution >= 0.6 is 11.9 Å². The Labute approximate surface area is 164 Å². The lowest BCUT2D eigenvalue weighted by molar-refractivity contribution is -0.274. The lowest BCUT2D eigenvalue weighted by atomic mass is 10.2. The molecule has 2 aromatic heterocycles.